The summed E-state index contributed by atoms with van der Waals surface area (Å²) >= 11 is 6.99. The van der Waals surface area contributed by atoms with Gasteiger partial charge in [-0.15, -0.1) is 5.10 Å². The lowest BCUT2D eigenvalue weighted by Gasteiger charge is -2.14. The highest BCUT2D eigenvalue weighted by atomic mass is 35.5. The molecule has 0 aromatic carbocycles. The van der Waals surface area contributed by atoms with Gasteiger partial charge in [-0.25, -0.2) is 9.37 Å². The second kappa shape index (κ2) is 8.47. The molecule has 0 bridgehead atoms. The minimum Gasteiger partial charge on any atom is -0.494 e. The van der Waals surface area contributed by atoms with Crippen molar-refractivity contribution in [2.75, 3.05) is 19.0 Å². The Labute approximate surface area is 197 Å². The standard InChI is InChI=1S/C21H19ClFN5O4S/c1-10-5-12(15-14(30-2)8-25-17(22)16(15)23)13(7-24-10)18(29)26-19-27-28-20(33-19)32-11-6-21(3-4-21)31-9-11/h5,7-8,11H,3-4,6,9H2,1-2H3,(H,26,27,29)/t11-/m1/s1. The van der Waals surface area contributed by atoms with E-state index in [9.17, 15) is 9.18 Å². The van der Waals surface area contributed by atoms with Gasteiger partial charge < -0.3 is 14.2 Å². The van der Waals surface area contributed by atoms with Crippen LogP contribution in [0.5, 0.6) is 10.9 Å². The molecule has 2 fully saturated rings. The molecule has 3 aromatic heterocycles. The summed E-state index contributed by atoms with van der Waals surface area (Å²) < 4.78 is 31.8. The summed E-state index contributed by atoms with van der Waals surface area (Å²) in [6.07, 6.45) is 5.52. The molecule has 9 nitrogen and oxygen atoms in total. The van der Waals surface area contributed by atoms with Crippen molar-refractivity contribution in [3.8, 4) is 22.1 Å². The molecular formula is C21H19ClFN5O4S. The normalized spacial score (nSPS) is 18.4. The third-order valence-electron chi connectivity index (χ3n) is 5.59. The molecule has 1 aliphatic carbocycles. The third kappa shape index (κ3) is 4.35. The summed E-state index contributed by atoms with van der Waals surface area (Å²) in [4.78, 5) is 21.0. The van der Waals surface area contributed by atoms with Crippen molar-refractivity contribution in [3.05, 3.63) is 40.7 Å². The van der Waals surface area contributed by atoms with Crippen LogP contribution in [0.25, 0.3) is 11.1 Å². The number of carbonyl (C=O) groups excluding carboxylic acids is 1. The molecule has 12 heteroatoms. The van der Waals surface area contributed by atoms with Crippen LogP contribution < -0.4 is 14.8 Å². The quantitative estimate of drug-likeness (QED) is 0.514. The van der Waals surface area contributed by atoms with E-state index < -0.39 is 11.7 Å². The molecule has 1 spiro atoms. The topological polar surface area (TPSA) is 108 Å². The number of hydrogen-bond acceptors (Lipinski definition) is 9. The fourth-order valence-electron chi connectivity index (χ4n) is 3.78. The van der Waals surface area contributed by atoms with Gasteiger partial charge in [-0.1, -0.05) is 16.7 Å². The van der Waals surface area contributed by atoms with E-state index in [0.29, 0.717) is 17.5 Å². The average Bonchev–Trinajstić information content (AvgIpc) is 3.21. The maximum Gasteiger partial charge on any atom is 0.296 e. The van der Waals surface area contributed by atoms with Crippen molar-refractivity contribution >= 4 is 34.0 Å². The van der Waals surface area contributed by atoms with Crippen LogP contribution in [-0.2, 0) is 4.74 Å². The van der Waals surface area contributed by atoms with Gasteiger partial charge in [0, 0.05) is 23.9 Å². The third-order valence-corrected chi connectivity index (χ3v) is 6.59. The number of aryl methyl sites for hydroxylation is 1. The number of hydrogen-bond donors (Lipinski definition) is 1. The second-order valence-corrected chi connectivity index (χ2v) is 9.24. The van der Waals surface area contributed by atoms with Gasteiger partial charge in [0.05, 0.1) is 36.6 Å². The summed E-state index contributed by atoms with van der Waals surface area (Å²) in [5, 5.41) is 10.9. The molecule has 172 valence electrons. The van der Waals surface area contributed by atoms with E-state index in [2.05, 4.69) is 25.5 Å². The van der Waals surface area contributed by atoms with Crippen LogP contribution in [0.1, 0.15) is 35.3 Å². The van der Waals surface area contributed by atoms with Crippen LogP contribution in [0.3, 0.4) is 0 Å². The number of amides is 1. The Morgan fingerprint density at radius 2 is 2.15 bits per heavy atom. The number of halogens is 2. The molecule has 0 unspecified atom stereocenters. The number of aromatic nitrogens is 4. The van der Waals surface area contributed by atoms with E-state index in [1.54, 1.807) is 13.0 Å². The van der Waals surface area contributed by atoms with Gasteiger partial charge in [-0.3, -0.25) is 15.1 Å². The van der Waals surface area contributed by atoms with Gasteiger partial charge in [-0.2, -0.15) is 0 Å². The number of ether oxygens (including phenoxy) is 3. The Hall–Kier alpha value is -2.89. The van der Waals surface area contributed by atoms with Gasteiger partial charge in [-0.05, 0) is 37.2 Å². The van der Waals surface area contributed by atoms with Crippen LogP contribution in [0.4, 0.5) is 9.52 Å². The lowest BCUT2D eigenvalue weighted by molar-refractivity contribution is 0.0783. The van der Waals surface area contributed by atoms with Crippen molar-refractivity contribution < 1.29 is 23.4 Å². The average molecular weight is 492 g/mol. The number of rotatable bonds is 6. The summed E-state index contributed by atoms with van der Waals surface area (Å²) in [6, 6.07) is 1.58. The Balaban J connectivity index is 1.38. The van der Waals surface area contributed by atoms with Crippen LogP contribution in [-0.4, -0.2) is 51.5 Å². The predicted molar refractivity (Wildman–Crippen MR) is 119 cm³/mol. The summed E-state index contributed by atoms with van der Waals surface area (Å²) in [5.41, 5.74) is 0.961. The van der Waals surface area contributed by atoms with Crippen LogP contribution in [0.2, 0.25) is 5.15 Å². The van der Waals surface area contributed by atoms with E-state index in [-0.39, 0.29) is 44.4 Å². The van der Waals surface area contributed by atoms with Crippen LogP contribution in [0, 0.1) is 12.7 Å². The number of anilines is 1. The van der Waals surface area contributed by atoms with E-state index in [4.69, 9.17) is 25.8 Å². The fraction of sp³-hybridized carbons (Fsp3) is 0.381. The van der Waals surface area contributed by atoms with Gasteiger partial charge in [0.1, 0.15) is 11.9 Å². The second-order valence-electron chi connectivity index (χ2n) is 7.94. The number of carbonyl (C=O) groups is 1. The molecule has 1 saturated carbocycles. The molecule has 1 saturated heterocycles. The van der Waals surface area contributed by atoms with Gasteiger partial charge in [0.25, 0.3) is 11.1 Å². The first kappa shape index (κ1) is 21.9. The summed E-state index contributed by atoms with van der Waals surface area (Å²) in [6.45, 7) is 2.24. The lowest BCUT2D eigenvalue weighted by Crippen LogP contribution is -2.16. The van der Waals surface area contributed by atoms with E-state index in [0.717, 1.165) is 30.6 Å². The van der Waals surface area contributed by atoms with Crippen molar-refractivity contribution in [1.29, 1.82) is 0 Å². The first-order valence-corrected chi connectivity index (χ1v) is 11.4. The predicted octanol–water partition coefficient (Wildman–Crippen LogP) is 4.06. The number of methoxy groups -OCH3 is 1. The van der Waals surface area contributed by atoms with Crippen molar-refractivity contribution in [3.63, 3.8) is 0 Å². The molecule has 2 aliphatic rings. The molecular weight excluding hydrogens is 473 g/mol. The van der Waals surface area contributed by atoms with E-state index in [1.807, 2.05) is 0 Å². The molecule has 4 heterocycles. The maximum absolute atomic E-state index is 14.9. The lowest BCUT2D eigenvalue weighted by atomic mass is 10.00. The Kier molecular flexibility index (Phi) is 5.63. The van der Waals surface area contributed by atoms with Crippen molar-refractivity contribution in [2.24, 2.45) is 0 Å². The van der Waals surface area contributed by atoms with E-state index in [1.165, 1.54) is 19.5 Å². The highest BCUT2D eigenvalue weighted by Crippen LogP contribution is 2.48. The zero-order chi connectivity index (χ0) is 23.2. The molecule has 3 aromatic rings. The first-order valence-electron chi connectivity index (χ1n) is 10.2. The Bertz CT molecular complexity index is 1240. The highest BCUT2D eigenvalue weighted by Gasteiger charge is 2.51. The number of nitrogens with zero attached hydrogens (tertiary/aromatic N) is 4. The summed E-state index contributed by atoms with van der Waals surface area (Å²) in [5.74, 6) is -1.21. The van der Waals surface area contributed by atoms with Crippen molar-refractivity contribution in [2.45, 2.75) is 37.9 Å². The smallest absolute Gasteiger partial charge is 0.296 e. The van der Waals surface area contributed by atoms with E-state index >= 15 is 0 Å². The molecule has 1 N–H and O–H groups in total. The largest absolute Gasteiger partial charge is 0.494 e. The first-order chi connectivity index (χ1) is 15.9. The Morgan fingerprint density at radius 3 is 2.88 bits per heavy atom. The molecule has 0 radical (unpaired) electrons. The van der Waals surface area contributed by atoms with Gasteiger partial charge in [0.15, 0.2) is 11.0 Å². The molecule has 1 aliphatic heterocycles. The maximum atomic E-state index is 14.9. The van der Waals surface area contributed by atoms with Crippen LogP contribution >= 0.6 is 22.9 Å². The minimum absolute atomic E-state index is 0.00652. The number of nitrogens with one attached hydrogen (secondary N) is 1. The highest BCUT2D eigenvalue weighted by molar-refractivity contribution is 7.17. The SMILES string of the molecule is COc1cnc(Cl)c(F)c1-c1cc(C)ncc1C(=O)Nc1nnc(O[C@H]2COC3(CC3)C2)s1. The van der Waals surface area contributed by atoms with Crippen molar-refractivity contribution in [1.82, 2.24) is 20.2 Å². The van der Waals surface area contributed by atoms with Gasteiger partial charge >= 0.3 is 0 Å². The summed E-state index contributed by atoms with van der Waals surface area (Å²) in [7, 11) is 1.38. The van der Waals surface area contributed by atoms with Gasteiger partial charge in [0.2, 0.25) is 5.13 Å². The molecule has 5 rings (SSSR count). The molecule has 1 atom stereocenters. The Morgan fingerprint density at radius 1 is 1.33 bits per heavy atom. The van der Waals surface area contributed by atoms with Crippen LogP contribution in [0.15, 0.2) is 18.5 Å². The zero-order valence-electron chi connectivity index (χ0n) is 17.7. The minimum atomic E-state index is -0.797. The molecule has 33 heavy (non-hydrogen) atoms. The zero-order valence-corrected chi connectivity index (χ0v) is 19.3. The molecule has 1 amide bonds. The number of pyridine rings is 2. The fourth-order valence-corrected chi connectivity index (χ4v) is 4.58. The monoisotopic (exact) mass is 491 g/mol.